The fourth-order valence-corrected chi connectivity index (χ4v) is 3.03. The Balaban J connectivity index is 1.70. The molecule has 0 radical (unpaired) electrons. The van der Waals surface area contributed by atoms with Crippen LogP contribution in [0.2, 0.25) is 5.02 Å². The smallest absolute Gasteiger partial charge is 0.262 e. The van der Waals surface area contributed by atoms with E-state index >= 15 is 0 Å². The van der Waals surface area contributed by atoms with Gasteiger partial charge in [-0.15, -0.1) is 0 Å². The first-order valence-corrected chi connectivity index (χ1v) is 9.48. The number of aliphatic hydroxyl groups is 1. The maximum Gasteiger partial charge on any atom is 0.262 e. The number of hydrogen-bond acceptors (Lipinski definition) is 3. The zero-order chi connectivity index (χ0) is 19.9. The van der Waals surface area contributed by atoms with Crippen molar-refractivity contribution in [3.05, 3.63) is 94.5 Å². The van der Waals surface area contributed by atoms with Gasteiger partial charge in [0.1, 0.15) is 11.9 Å². The molecule has 2 N–H and O–H groups in total. The number of halogens is 1. The summed E-state index contributed by atoms with van der Waals surface area (Å²) in [6.45, 7) is 1.95. The van der Waals surface area contributed by atoms with Crippen molar-refractivity contribution in [3.8, 4) is 5.75 Å². The van der Waals surface area contributed by atoms with Crippen molar-refractivity contribution in [1.29, 1.82) is 0 Å². The molecule has 5 heteroatoms. The predicted molar refractivity (Wildman–Crippen MR) is 112 cm³/mol. The first-order chi connectivity index (χ1) is 13.6. The van der Waals surface area contributed by atoms with Crippen molar-refractivity contribution < 1.29 is 14.6 Å². The van der Waals surface area contributed by atoms with E-state index in [4.69, 9.17) is 16.3 Å². The lowest BCUT2D eigenvalue weighted by atomic mass is 10.00. The van der Waals surface area contributed by atoms with Crippen molar-refractivity contribution >= 4 is 23.2 Å². The predicted octanol–water partition coefficient (Wildman–Crippen LogP) is 5.00. The van der Waals surface area contributed by atoms with Crippen LogP contribution in [0.4, 0.5) is 5.69 Å². The van der Waals surface area contributed by atoms with Crippen LogP contribution in [-0.2, 0) is 11.2 Å². The first kappa shape index (κ1) is 19.9. The molecule has 0 aromatic heterocycles. The van der Waals surface area contributed by atoms with Gasteiger partial charge in [-0.05, 0) is 47.9 Å². The van der Waals surface area contributed by atoms with Crippen LogP contribution in [0.3, 0.4) is 0 Å². The molecule has 1 unspecified atom stereocenters. The summed E-state index contributed by atoms with van der Waals surface area (Å²) in [5, 5.41) is 14.0. The van der Waals surface area contributed by atoms with Gasteiger partial charge in [-0.3, -0.25) is 4.79 Å². The summed E-state index contributed by atoms with van der Waals surface area (Å²) < 4.78 is 5.55. The van der Waals surface area contributed by atoms with Crippen LogP contribution in [0, 0.1) is 0 Å². The lowest BCUT2D eigenvalue weighted by Gasteiger charge is -2.17. The van der Waals surface area contributed by atoms with Gasteiger partial charge in [0, 0.05) is 16.3 Å². The molecule has 1 atom stereocenters. The molecule has 3 aromatic carbocycles. The van der Waals surface area contributed by atoms with Crippen molar-refractivity contribution in [2.75, 3.05) is 11.9 Å². The number of nitrogens with one attached hydrogen (secondary N) is 1. The number of rotatable bonds is 7. The van der Waals surface area contributed by atoms with Crippen molar-refractivity contribution in [2.24, 2.45) is 0 Å². The van der Waals surface area contributed by atoms with Crippen molar-refractivity contribution in [1.82, 2.24) is 0 Å². The number of carbonyl (C=O) groups is 1. The van der Waals surface area contributed by atoms with Crippen LogP contribution in [0.5, 0.6) is 5.75 Å². The molecule has 4 nitrogen and oxygen atoms in total. The first-order valence-electron chi connectivity index (χ1n) is 9.11. The van der Waals surface area contributed by atoms with Gasteiger partial charge in [-0.1, -0.05) is 61.0 Å². The van der Waals surface area contributed by atoms with E-state index in [9.17, 15) is 9.90 Å². The molecule has 3 aromatic rings. The van der Waals surface area contributed by atoms with Gasteiger partial charge in [0.05, 0.1) is 0 Å². The Morgan fingerprint density at radius 2 is 1.79 bits per heavy atom. The lowest BCUT2D eigenvalue weighted by Crippen LogP contribution is -2.21. The Bertz CT molecular complexity index is 926. The molecule has 0 bridgehead atoms. The second kappa shape index (κ2) is 9.40. The largest absolute Gasteiger partial charge is 0.484 e. The highest BCUT2D eigenvalue weighted by Gasteiger charge is 2.17. The molecule has 0 saturated carbocycles. The second-order valence-corrected chi connectivity index (χ2v) is 6.82. The standard InChI is InChI=1S/C23H22ClNO3/c1-2-16-8-11-19(12-9-16)28-15-22(26)25-21-13-10-18(24)14-20(21)23(27)17-6-4-3-5-7-17/h3-14,23,27H,2,15H2,1H3,(H,25,26). The Morgan fingerprint density at radius 1 is 1.07 bits per heavy atom. The minimum Gasteiger partial charge on any atom is -0.484 e. The number of anilines is 1. The summed E-state index contributed by atoms with van der Waals surface area (Å²) in [5.41, 5.74) is 2.94. The fraction of sp³-hybridized carbons (Fsp3) is 0.174. The van der Waals surface area contributed by atoms with Crippen LogP contribution < -0.4 is 10.1 Å². The highest BCUT2D eigenvalue weighted by Crippen LogP contribution is 2.30. The molecule has 28 heavy (non-hydrogen) atoms. The molecule has 1 amide bonds. The SMILES string of the molecule is CCc1ccc(OCC(=O)Nc2ccc(Cl)cc2C(O)c2ccccc2)cc1. The van der Waals surface area contributed by atoms with Gasteiger partial charge in [0.25, 0.3) is 5.91 Å². The molecule has 0 heterocycles. The number of amides is 1. The summed E-state index contributed by atoms with van der Waals surface area (Å²) in [6, 6.07) is 21.8. The van der Waals surface area contributed by atoms with E-state index in [1.807, 2.05) is 54.6 Å². The third-order valence-corrected chi connectivity index (χ3v) is 4.63. The summed E-state index contributed by atoms with van der Waals surface area (Å²) in [7, 11) is 0. The van der Waals surface area contributed by atoms with Crippen LogP contribution in [-0.4, -0.2) is 17.6 Å². The van der Waals surface area contributed by atoms with E-state index in [1.165, 1.54) is 5.56 Å². The third-order valence-electron chi connectivity index (χ3n) is 4.40. The van der Waals surface area contributed by atoms with Gasteiger partial charge < -0.3 is 15.2 Å². The summed E-state index contributed by atoms with van der Waals surface area (Å²) in [4.78, 5) is 12.4. The number of ether oxygens (including phenoxy) is 1. The second-order valence-electron chi connectivity index (χ2n) is 6.38. The number of benzene rings is 3. The number of carbonyl (C=O) groups excluding carboxylic acids is 1. The zero-order valence-corrected chi connectivity index (χ0v) is 16.3. The number of hydrogen-bond donors (Lipinski definition) is 2. The molecule has 0 aliphatic rings. The monoisotopic (exact) mass is 395 g/mol. The average molecular weight is 396 g/mol. The molecule has 0 fully saturated rings. The minimum atomic E-state index is -0.905. The average Bonchev–Trinajstić information content (AvgIpc) is 2.74. The van der Waals surface area contributed by atoms with Gasteiger partial charge in [-0.2, -0.15) is 0 Å². The molecule has 144 valence electrons. The summed E-state index contributed by atoms with van der Waals surface area (Å²) in [5.74, 6) is 0.316. The van der Waals surface area contributed by atoms with Crippen LogP contribution in [0.1, 0.15) is 29.7 Å². The van der Waals surface area contributed by atoms with Crippen molar-refractivity contribution in [3.63, 3.8) is 0 Å². The van der Waals surface area contributed by atoms with E-state index in [0.29, 0.717) is 27.6 Å². The quantitative estimate of drug-likeness (QED) is 0.591. The van der Waals surface area contributed by atoms with Crippen LogP contribution in [0.25, 0.3) is 0 Å². The number of aliphatic hydroxyl groups excluding tert-OH is 1. The van der Waals surface area contributed by atoms with Gasteiger partial charge in [0.15, 0.2) is 6.61 Å². The van der Waals surface area contributed by atoms with E-state index in [2.05, 4.69) is 12.2 Å². The molecular formula is C23H22ClNO3. The Labute approximate surface area is 169 Å². The van der Waals surface area contributed by atoms with E-state index < -0.39 is 6.10 Å². The lowest BCUT2D eigenvalue weighted by molar-refractivity contribution is -0.118. The Morgan fingerprint density at radius 3 is 2.46 bits per heavy atom. The zero-order valence-electron chi connectivity index (χ0n) is 15.6. The molecule has 0 saturated heterocycles. The Kier molecular flexibility index (Phi) is 6.69. The maximum absolute atomic E-state index is 12.4. The normalized spacial score (nSPS) is 11.7. The highest BCUT2D eigenvalue weighted by molar-refractivity contribution is 6.30. The van der Waals surface area contributed by atoms with Gasteiger partial charge >= 0.3 is 0 Å². The van der Waals surface area contributed by atoms with E-state index in [0.717, 1.165) is 6.42 Å². The maximum atomic E-state index is 12.4. The van der Waals surface area contributed by atoms with Gasteiger partial charge in [0.2, 0.25) is 0 Å². The van der Waals surface area contributed by atoms with Crippen LogP contribution in [0.15, 0.2) is 72.8 Å². The molecule has 3 rings (SSSR count). The fourth-order valence-electron chi connectivity index (χ4n) is 2.85. The molecule has 0 spiro atoms. The molecule has 0 aliphatic heterocycles. The molecule has 0 aliphatic carbocycles. The van der Waals surface area contributed by atoms with Crippen LogP contribution >= 0.6 is 11.6 Å². The van der Waals surface area contributed by atoms with Crippen molar-refractivity contribution in [2.45, 2.75) is 19.4 Å². The Hall–Kier alpha value is -2.82. The third kappa shape index (κ3) is 5.12. The van der Waals surface area contributed by atoms with E-state index in [1.54, 1.807) is 18.2 Å². The van der Waals surface area contributed by atoms with Gasteiger partial charge in [-0.25, -0.2) is 0 Å². The van der Waals surface area contributed by atoms with E-state index in [-0.39, 0.29) is 12.5 Å². The highest BCUT2D eigenvalue weighted by atomic mass is 35.5. The topological polar surface area (TPSA) is 58.6 Å². The molecular weight excluding hydrogens is 374 g/mol. The number of aryl methyl sites for hydroxylation is 1. The minimum absolute atomic E-state index is 0.130. The summed E-state index contributed by atoms with van der Waals surface area (Å²) in [6.07, 6.45) is 0.0434. The summed E-state index contributed by atoms with van der Waals surface area (Å²) >= 11 is 6.10.